The van der Waals surface area contributed by atoms with E-state index in [4.69, 9.17) is 10.5 Å². The Morgan fingerprint density at radius 2 is 2.12 bits per heavy atom. The SMILES string of the molecule is COc1ccc(O)c(CNC(C)(C)CN)c1. The Kier molecular flexibility index (Phi) is 4.15. The Labute approximate surface area is 96.4 Å². The van der Waals surface area contributed by atoms with E-state index in [1.807, 2.05) is 19.9 Å². The van der Waals surface area contributed by atoms with Crippen molar-refractivity contribution in [3.05, 3.63) is 23.8 Å². The molecule has 90 valence electrons. The highest BCUT2D eigenvalue weighted by atomic mass is 16.5. The molecule has 0 spiro atoms. The maximum Gasteiger partial charge on any atom is 0.120 e. The highest BCUT2D eigenvalue weighted by Crippen LogP contribution is 2.23. The van der Waals surface area contributed by atoms with Gasteiger partial charge in [0.1, 0.15) is 11.5 Å². The zero-order chi connectivity index (χ0) is 12.2. The molecule has 4 heteroatoms. The van der Waals surface area contributed by atoms with E-state index >= 15 is 0 Å². The van der Waals surface area contributed by atoms with Crippen LogP contribution in [0.3, 0.4) is 0 Å². The van der Waals surface area contributed by atoms with Crippen molar-refractivity contribution in [1.82, 2.24) is 5.32 Å². The Morgan fingerprint density at radius 1 is 1.44 bits per heavy atom. The number of ether oxygens (including phenoxy) is 1. The van der Waals surface area contributed by atoms with Crippen molar-refractivity contribution in [1.29, 1.82) is 0 Å². The second kappa shape index (κ2) is 5.18. The highest BCUT2D eigenvalue weighted by Gasteiger charge is 2.15. The van der Waals surface area contributed by atoms with Crippen LogP contribution in [0, 0.1) is 0 Å². The molecule has 0 heterocycles. The van der Waals surface area contributed by atoms with E-state index in [9.17, 15) is 5.11 Å². The lowest BCUT2D eigenvalue weighted by molar-refractivity contribution is 0.385. The van der Waals surface area contributed by atoms with Gasteiger partial charge in [0, 0.05) is 24.2 Å². The van der Waals surface area contributed by atoms with Crippen LogP contribution in [0.4, 0.5) is 0 Å². The number of hydrogen-bond donors (Lipinski definition) is 3. The quantitative estimate of drug-likeness (QED) is 0.703. The van der Waals surface area contributed by atoms with E-state index in [1.165, 1.54) is 0 Å². The molecule has 4 nitrogen and oxygen atoms in total. The Balaban J connectivity index is 2.73. The van der Waals surface area contributed by atoms with Gasteiger partial charge in [-0.3, -0.25) is 0 Å². The van der Waals surface area contributed by atoms with Gasteiger partial charge in [0.25, 0.3) is 0 Å². The first kappa shape index (κ1) is 12.8. The predicted octanol–water partition coefficient (Wildman–Crippen LogP) is 1.23. The third-order valence-corrected chi connectivity index (χ3v) is 2.55. The molecule has 0 radical (unpaired) electrons. The summed E-state index contributed by atoms with van der Waals surface area (Å²) in [4.78, 5) is 0. The number of benzene rings is 1. The molecule has 0 atom stereocenters. The normalized spacial score (nSPS) is 11.5. The summed E-state index contributed by atoms with van der Waals surface area (Å²) in [5.41, 5.74) is 6.28. The molecule has 0 fully saturated rings. The molecule has 1 aromatic carbocycles. The molecule has 0 amide bonds. The van der Waals surface area contributed by atoms with Gasteiger partial charge in [-0.2, -0.15) is 0 Å². The fraction of sp³-hybridized carbons (Fsp3) is 0.500. The van der Waals surface area contributed by atoms with E-state index < -0.39 is 0 Å². The van der Waals surface area contributed by atoms with E-state index in [-0.39, 0.29) is 11.3 Å². The van der Waals surface area contributed by atoms with Gasteiger partial charge >= 0.3 is 0 Å². The number of hydrogen-bond acceptors (Lipinski definition) is 4. The third kappa shape index (κ3) is 3.40. The summed E-state index contributed by atoms with van der Waals surface area (Å²) in [5.74, 6) is 1.00. The molecule has 1 aromatic rings. The van der Waals surface area contributed by atoms with Crippen LogP contribution >= 0.6 is 0 Å². The van der Waals surface area contributed by atoms with E-state index in [0.29, 0.717) is 13.1 Å². The summed E-state index contributed by atoms with van der Waals surface area (Å²) in [6, 6.07) is 5.17. The fourth-order valence-electron chi connectivity index (χ4n) is 1.24. The van der Waals surface area contributed by atoms with Crippen molar-refractivity contribution < 1.29 is 9.84 Å². The van der Waals surface area contributed by atoms with Crippen molar-refractivity contribution >= 4 is 0 Å². The van der Waals surface area contributed by atoms with Gasteiger partial charge in [0.15, 0.2) is 0 Å². The number of rotatable bonds is 5. The zero-order valence-corrected chi connectivity index (χ0v) is 10.1. The first-order chi connectivity index (χ1) is 7.48. The number of nitrogens with one attached hydrogen (secondary N) is 1. The van der Waals surface area contributed by atoms with Gasteiger partial charge in [0.2, 0.25) is 0 Å². The molecule has 1 rings (SSSR count). The minimum Gasteiger partial charge on any atom is -0.508 e. The highest BCUT2D eigenvalue weighted by molar-refractivity contribution is 5.39. The maximum atomic E-state index is 9.67. The van der Waals surface area contributed by atoms with E-state index in [1.54, 1.807) is 19.2 Å². The smallest absolute Gasteiger partial charge is 0.120 e. The molecule has 0 saturated heterocycles. The van der Waals surface area contributed by atoms with Crippen molar-refractivity contribution in [2.75, 3.05) is 13.7 Å². The second-order valence-electron chi connectivity index (χ2n) is 4.44. The lowest BCUT2D eigenvalue weighted by atomic mass is 10.1. The fourth-order valence-corrected chi connectivity index (χ4v) is 1.24. The summed E-state index contributed by atoms with van der Waals surface area (Å²) in [6.07, 6.45) is 0. The molecule has 0 aromatic heterocycles. The van der Waals surface area contributed by atoms with Crippen LogP contribution in [0.15, 0.2) is 18.2 Å². The summed E-state index contributed by atoms with van der Waals surface area (Å²) in [6.45, 7) is 5.14. The maximum absolute atomic E-state index is 9.67. The molecule has 0 bridgehead atoms. The first-order valence-corrected chi connectivity index (χ1v) is 5.29. The van der Waals surface area contributed by atoms with Gasteiger partial charge in [0.05, 0.1) is 7.11 Å². The second-order valence-corrected chi connectivity index (χ2v) is 4.44. The van der Waals surface area contributed by atoms with E-state index in [2.05, 4.69) is 5.32 Å². The Bertz CT molecular complexity index is 351. The molecule has 16 heavy (non-hydrogen) atoms. The van der Waals surface area contributed by atoms with Gasteiger partial charge < -0.3 is 20.9 Å². The Hall–Kier alpha value is -1.26. The number of methoxy groups -OCH3 is 1. The molecule has 0 aliphatic heterocycles. The molecule has 0 unspecified atom stereocenters. The van der Waals surface area contributed by atoms with Gasteiger partial charge in [-0.15, -0.1) is 0 Å². The van der Waals surface area contributed by atoms with Crippen molar-refractivity contribution in [2.24, 2.45) is 5.73 Å². The van der Waals surface area contributed by atoms with E-state index in [0.717, 1.165) is 11.3 Å². The third-order valence-electron chi connectivity index (χ3n) is 2.55. The topological polar surface area (TPSA) is 67.5 Å². The molecular weight excluding hydrogens is 204 g/mol. The number of phenols is 1. The minimum atomic E-state index is -0.143. The van der Waals surface area contributed by atoms with Crippen molar-refractivity contribution in [3.8, 4) is 11.5 Å². The average molecular weight is 224 g/mol. The largest absolute Gasteiger partial charge is 0.508 e. The van der Waals surface area contributed by atoms with Gasteiger partial charge in [-0.05, 0) is 32.0 Å². The number of nitrogens with two attached hydrogens (primary N) is 1. The zero-order valence-electron chi connectivity index (χ0n) is 10.1. The number of phenolic OH excluding ortho intramolecular Hbond substituents is 1. The Morgan fingerprint density at radius 3 is 2.69 bits per heavy atom. The van der Waals surface area contributed by atoms with Crippen molar-refractivity contribution in [3.63, 3.8) is 0 Å². The van der Waals surface area contributed by atoms with Crippen LogP contribution < -0.4 is 15.8 Å². The van der Waals surface area contributed by atoms with Gasteiger partial charge in [-0.1, -0.05) is 0 Å². The van der Waals surface area contributed by atoms with Gasteiger partial charge in [-0.25, -0.2) is 0 Å². The van der Waals surface area contributed by atoms with Crippen LogP contribution in [-0.4, -0.2) is 24.3 Å². The van der Waals surface area contributed by atoms with Crippen LogP contribution in [0.25, 0.3) is 0 Å². The summed E-state index contributed by atoms with van der Waals surface area (Å²) in [7, 11) is 1.60. The van der Waals surface area contributed by atoms with Crippen LogP contribution in [0.2, 0.25) is 0 Å². The van der Waals surface area contributed by atoms with Crippen molar-refractivity contribution in [2.45, 2.75) is 25.9 Å². The monoisotopic (exact) mass is 224 g/mol. The summed E-state index contributed by atoms with van der Waals surface area (Å²) < 4.78 is 5.10. The molecule has 0 aliphatic carbocycles. The lowest BCUT2D eigenvalue weighted by Crippen LogP contribution is -2.45. The van der Waals surface area contributed by atoms with Crippen LogP contribution in [-0.2, 0) is 6.54 Å². The first-order valence-electron chi connectivity index (χ1n) is 5.29. The molecular formula is C12H20N2O2. The minimum absolute atomic E-state index is 0.143. The molecule has 0 saturated carbocycles. The lowest BCUT2D eigenvalue weighted by Gasteiger charge is -2.24. The average Bonchev–Trinajstić information content (AvgIpc) is 2.28. The van der Waals surface area contributed by atoms with Crippen LogP contribution in [0.5, 0.6) is 11.5 Å². The molecule has 4 N–H and O–H groups in total. The standard InChI is InChI=1S/C12H20N2O2/c1-12(2,8-13)14-7-9-6-10(16-3)4-5-11(9)15/h4-6,14-15H,7-8,13H2,1-3H3. The summed E-state index contributed by atoms with van der Waals surface area (Å²) in [5, 5.41) is 12.9. The predicted molar refractivity (Wildman–Crippen MR) is 64.6 cm³/mol. The summed E-state index contributed by atoms with van der Waals surface area (Å²) >= 11 is 0. The number of aromatic hydroxyl groups is 1. The molecule has 0 aliphatic rings. The van der Waals surface area contributed by atoms with Crippen LogP contribution in [0.1, 0.15) is 19.4 Å².